The molecule has 0 saturated carbocycles. The second-order valence-corrected chi connectivity index (χ2v) is 4.43. The van der Waals surface area contributed by atoms with Crippen LogP contribution in [0.2, 0.25) is 0 Å². The van der Waals surface area contributed by atoms with Crippen molar-refractivity contribution < 1.29 is 23.1 Å². The summed E-state index contributed by atoms with van der Waals surface area (Å²) in [6.07, 6.45) is -3.60. The van der Waals surface area contributed by atoms with Gasteiger partial charge >= 0.3 is 5.69 Å². The van der Waals surface area contributed by atoms with Crippen molar-refractivity contribution in [1.82, 2.24) is 9.55 Å². The lowest BCUT2D eigenvalue weighted by Gasteiger charge is -2.17. The highest BCUT2D eigenvalue weighted by molar-refractivity contribution is 14.1. The minimum absolute atomic E-state index is 0.0950. The van der Waals surface area contributed by atoms with Gasteiger partial charge in [-0.15, -0.1) is 0 Å². The highest BCUT2D eigenvalue weighted by Crippen LogP contribution is 2.29. The highest BCUT2D eigenvalue weighted by atomic mass is 127. The third-order valence-corrected chi connectivity index (χ3v) is 3.29. The van der Waals surface area contributed by atoms with Gasteiger partial charge in [0.15, 0.2) is 40.8 Å². The fraction of sp³-hybridized carbons (Fsp3) is 0.556. The Labute approximate surface area is 121 Å². The first-order valence-corrected chi connectivity index (χ1v) is 6.17. The Kier molecular flexibility index (Phi) is 4.25. The van der Waals surface area contributed by atoms with Crippen LogP contribution < -0.4 is 14.5 Å². The number of rotatable bonds is 3. The van der Waals surface area contributed by atoms with E-state index in [2.05, 4.69) is 4.98 Å². The molecular weight excluding hydrogens is 373 g/mol. The van der Waals surface area contributed by atoms with E-state index < -0.39 is 36.8 Å². The summed E-state index contributed by atoms with van der Waals surface area (Å²) < 4.78 is 11.1. The van der Waals surface area contributed by atoms with Crippen LogP contribution in [0.4, 0.5) is 5.82 Å². The third-order valence-electron chi connectivity index (χ3n) is 2.82. The monoisotopic (exact) mass is 385 g/mol. The maximum Gasteiger partial charge on any atom is 0.351 e. The molecule has 0 bridgehead atoms. The van der Waals surface area contributed by atoms with Gasteiger partial charge in [-0.1, -0.05) is 0 Å². The van der Waals surface area contributed by atoms with Crippen LogP contribution >= 0.6 is 23.0 Å². The minimum Gasteiger partial charge on any atom is -0.422 e. The number of aliphatic hydroxyl groups is 3. The molecule has 1 aliphatic heterocycles. The maximum absolute atomic E-state index is 11.7. The largest absolute Gasteiger partial charge is 0.422 e. The lowest BCUT2D eigenvalue weighted by molar-refractivity contribution is -0.0550. The molecular formula is C9H12IN3O6. The molecule has 0 aromatic carbocycles. The van der Waals surface area contributed by atoms with Crippen molar-refractivity contribution in [1.29, 1.82) is 0 Å². The van der Waals surface area contributed by atoms with Gasteiger partial charge in [-0.2, -0.15) is 4.98 Å². The molecule has 9 nitrogen and oxygen atoms in total. The number of anilines is 1. The summed E-state index contributed by atoms with van der Waals surface area (Å²) in [6.45, 7) is -0.485. The summed E-state index contributed by atoms with van der Waals surface area (Å²) in [6, 6.07) is 0. The van der Waals surface area contributed by atoms with Crippen molar-refractivity contribution in [3.05, 3.63) is 16.7 Å². The maximum atomic E-state index is 11.7. The van der Waals surface area contributed by atoms with E-state index in [0.29, 0.717) is 0 Å². The van der Waals surface area contributed by atoms with Gasteiger partial charge in [-0.25, -0.2) is 4.79 Å². The van der Waals surface area contributed by atoms with Gasteiger partial charge in [0.1, 0.15) is 18.3 Å². The SMILES string of the molecule is Nc1nc(=O)n([C@@H]2O[C@H](CO)[C@@H](O)[C@H]2O)cc1OI. The number of hydrogen-bond acceptors (Lipinski definition) is 8. The van der Waals surface area contributed by atoms with Crippen LogP contribution in [0.5, 0.6) is 5.75 Å². The average Bonchev–Trinajstić information content (AvgIpc) is 2.67. The molecule has 1 fully saturated rings. The molecule has 10 heteroatoms. The Morgan fingerprint density at radius 2 is 2.21 bits per heavy atom. The number of aliphatic hydroxyl groups excluding tert-OH is 3. The molecule has 0 aliphatic carbocycles. The molecule has 0 radical (unpaired) electrons. The standard InChI is InChI=1S/C9H12IN3O6/c10-19-3-1-13(9(17)12-7(3)11)8-6(16)5(15)4(2-14)18-8/h1,4-6,8,14-16H,2H2,(H2,11,12,17)/t4-,5-,6-,8-/m1/s1. The van der Waals surface area contributed by atoms with Crippen molar-refractivity contribution in [3.8, 4) is 5.75 Å². The van der Waals surface area contributed by atoms with Crippen molar-refractivity contribution in [2.24, 2.45) is 0 Å². The Morgan fingerprint density at radius 1 is 1.53 bits per heavy atom. The zero-order valence-electron chi connectivity index (χ0n) is 9.51. The van der Waals surface area contributed by atoms with Crippen LogP contribution in [0, 0.1) is 0 Å². The molecule has 2 rings (SSSR count). The second kappa shape index (κ2) is 5.58. The fourth-order valence-electron chi connectivity index (χ4n) is 1.82. The first-order valence-electron chi connectivity index (χ1n) is 5.29. The highest BCUT2D eigenvalue weighted by Gasteiger charge is 2.44. The van der Waals surface area contributed by atoms with Gasteiger partial charge in [0.25, 0.3) is 0 Å². The van der Waals surface area contributed by atoms with Gasteiger partial charge in [-0.05, 0) is 0 Å². The number of hydrogen-bond donors (Lipinski definition) is 4. The topological polar surface area (TPSA) is 140 Å². The molecule has 4 atom stereocenters. The predicted molar refractivity (Wildman–Crippen MR) is 70.6 cm³/mol. The van der Waals surface area contributed by atoms with E-state index in [1.54, 1.807) is 23.0 Å². The van der Waals surface area contributed by atoms with Gasteiger partial charge in [0.2, 0.25) is 0 Å². The molecule has 0 amide bonds. The van der Waals surface area contributed by atoms with Gasteiger partial charge in [0.05, 0.1) is 12.8 Å². The van der Waals surface area contributed by atoms with Crippen LogP contribution in [0.15, 0.2) is 11.0 Å². The first kappa shape index (κ1) is 14.5. The zero-order valence-corrected chi connectivity index (χ0v) is 11.7. The van der Waals surface area contributed by atoms with Crippen LogP contribution in [-0.2, 0) is 4.74 Å². The van der Waals surface area contributed by atoms with Gasteiger partial charge in [0, 0.05) is 0 Å². The molecule has 2 heterocycles. The molecule has 106 valence electrons. The average molecular weight is 385 g/mol. The normalized spacial score (nSPS) is 30.5. The van der Waals surface area contributed by atoms with Crippen molar-refractivity contribution >= 4 is 28.8 Å². The van der Waals surface area contributed by atoms with Crippen LogP contribution in [-0.4, -0.2) is 49.8 Å². The number of nitrogen functional groups attached to an aromatic ring is 1. The summed E-state index contributed by atoms with van der Waals surface area (Å²) in [7, 11) is 0. The van der Waals surface area contributed by atoms with E-state index in [0.717, 1.165) is 4.57 Å². The van der Waals surface area contributed by atoms with Crippen molar-refractivity contribution in [2.45, 2.75) is 24.5 Å². The Morgan fingerprint density at radius 3 is 2.74 bits per heavy atom. The van der Waals surface area contributed by atoms with Crippen LogP contribution in [0.1, 0.15) is 6.23 Å². The Bertz CT molecular complexity index is 523. The smallest absolute Gasteiger partial charge is 0.351 e. The van der Waals surface area contributed by atoms with Gasteiger partial charge in [-0.3, -0.25) is 4.57 Å². The Hall–Kier alpha value is -0.950. The number of nitrogens with zero attached hydrogens (tertiary/aromatic N) is 2. The molecule has 0 unspecified atom stereocenters. The summed E-state index contributed by atoms with van der Waals surface area (Å²) in [5.41, 5.74) is 4.71. The third kappa shape index (κ3) is 2.53. The van der Waals surface area contributed by atoms with E-state index in [4.69, 9.17) is 18.6 Å². The summed E-state index contributed by atoms with van der Waals surface area (Å²) in [5, 5.41) is 28.4. The molecule has 1 saturated heterocycles. The molecule has 1 aliphatic rings. The molecule has 0 spiro atoms. The number of halogens is 1. The number of aromatic nitrogens is 2. The summed E-state index contributed by atoms with van der Waals surface area (Å²) in [5.74, 6) is 0.0281. The van der Waals surface area contributed by atoms with Crippen LogP contribution in [0.25, 0.3) is 0 Å². The van der Waals surface area contributed by atoms with E-state index in [9.17, 15) is 15.0 Å². The Balaban J connectivity index is 2.40. The quantitative estimate of drug-likeness (QED) is 0.446. The van der Waals surface area contributed by atoms with Gasteiger partial charge < -0.3 is 28.9 Å². The molecule has 5 N–H and O–H groups in total. The minimum atomic E-state index is -1.37. The lowest BCUT2D eigenvalue weighted by Crippen LogP contribution is -2.36. The van der Waals surface area contributed by atoms with Crippen molar-refractivity contribution in [2.75, 3.05) is 12.3 Å². The fourth-order valence-corrected chi connectivity index (χ4v) is 2.15. The van der Waals surface area contributed by atoms with E-state index in [1.165, 1.54) is 6.20 Å². The summed E-state index contributed by atoms with van der Waals surface area (Å²) >= 11 is 1.56. The van der Waals surface area contributed by atoms with Crippen LogP contribution in [0.3, 0.4) is 0 Å². The molecule has 19 heavy (non-hydrogen) atoms. The number of nitrogens with two attached hydrogens (primary N) is 1. The zero-order chi connectivity index (χ0) is 14.2. The first-order chi connectivity index (χ1) is 8.99. The molecule has 1 aromatic heterocycles. The van der Waals surface area contributed by atoms with E-state index in [1.807, 2.05) is 0 Å². The van der Waals surface area contributed by atoms with E-state index in [-0.39, 0.29) is 11.6 Å². The lowest BCUT2D eigenvalue weighted by atomic mass is 10.1. The number of ether oxygens (including phenoxy) is 1. The predicted octanol–water partition coefficient (Wildman–Crippen LogP) is -1.83. The summed E-state index contributed by atoms with van der Waals surface area (Å²) in [4.78, 5) is 15.2. The van der Waals surface area contributed by atoms with Crippen molar-refractivity contribution in [3.63, 3.8) is 0 Å². The molecule has 1 aromatic rings. The van der Waals surface area contributed by atoms with E-state index >= 15 is 0 Å². The second-order valence-electron chi connectivity index (χ2n) is 3.99.